The molecule has 1 atom stereocenters. The molecule has 0 aliphatic carbocycles. The Bertz CT molecular complexity index is 450. The first-order chi connectivity index (χ1) is 9.87. The van der Waals surface area contributed by atoms with Gasteiger partial charge in [-0.3, -0.25) is 0 Å². The minimum absolute atomic E-state index is 0.168. The fourth-order valence-corrected chi connectivity index (χ4v) is 4.02. The Kier molecular flexibility index (Phi) is 5.67. The third-order valence-corrected chi connectivity index (χ3v) is 5.31. The zero-order valence-corrected chi connectivity index (χ0v) is 14.9. The zero-order valence-electron chi connectivity index (χ0n) is 14.1. The van der Waals surface area contributed by atoms with Crippen molar-refractivity contribution in [3.05, 3.63) is 22.8 Å². The van der Waals surface area contributed by atoms with Crippen molar-refractivity contribution in [2.45, 2.75) is 71.1 Å². The van der Waals surface area contributed by atoms with E-state index in [1.165, 1.54) is 42.0 Å². The monoisotopic (exact) mass is 307 g/mol. The van der Waals surface area contributed by atoms with Gasteiger partial charge in [-0.25, -0.2) is 9.97 Å². The molecule has 4 heteroatoms. The SMILES string of the molecule is Cc1nc(C2CCCCS2)nc(C)c1CCNC(C)(C)C. The molecule has 1 aliphatic heterocycles. The van der Waals surface area contributed by atoms with E-state index in [0.717, 1.165) is 18.8 Å². The van der Waals surface area contributed by atoms with E-state index in [0.29, 0.717) is 5.25 Å². The Morgan fingerprint density at radius 3 is 2.33 bits per heavy atom. The van der Waals surface area contributed by atoms with Crippen molar-refractivity contribution in [2.75, 3.05) is 12.3 Å². The molecule has 1 aromatic heterocycles. The minimum atomic E-state index is 0.168. The van der Waals surface area contributed by atoms with Crippen LogP contribution in [-0.2, 0) is 6.42 Å². The number of nitrogens with one attached hydrogen (secondary N) is 1. The van der Waals surface area contributed by atoms with E-state index in [4.69, 9.17) is 9.97 Å². The molecular formula is C17H29N3S. The van der Waals surface area contributed by atoms with Gasteiger partial charge in [-0.2, -0.15) is 11.8 Å². The lowest BCUT2D eigenvalue weighted by molar-refractivity contribution is 0.428. The fourth-order valence-electron chi connectivity index (χ4n) is 2.78. The highest BCUT2D eigenvalue weighted by atomic mass is 32.2. The lowest BCUT2D eigenvalue weighted by Crippen LogP contribution is -2.37. The molecule has 1 N–H and O–H groups in total. The van der Waals surface area contributed by atoms with Crippen molar-refractivity contribution < 1.29 is 0 Å². The molecule has 2 rings (SSSR count). The van der Waals surface area contributed by atoms with Crippen LogP contribution < -0.4 is 5.32 Å². The van der Waals surface area contributed by atoms with Crippen LogP contribution in [-0.4, -0.2) is 27.8 Å². The van der Waals surface area contributed by atoms with E-state index in [2.05, 4.69) is 39.9 Å². The first-order valence-corrected chi connectivity index (χ1v) is 9.12. The summed E-state index contributed by atoms with van der Waals surface area (Å²) >= 11 is 2.02. The maximum Gasteiger partial charge on any atom is 0.141 e. The second-order valence-electron chi connectivity index (χ2n) is 7.01. The summed E-state index contributed by atoms with van der Waals surface area (Å²) in [5, 5.41) is 4.06. The molecule has 0 spiro atoms. The van der Waals surface area contributed by atoms with Crippen molar-refractivity contribution in [3.8, 4) is 0 Å². The summed E-state index contributed by atoms with van der Waals surface area (Å²) in [6.45, 7) is 11.9. The quantitative estimate of drug-likeness (QED) is 0.913. The molecule has 1 unspecified atom stereocenters. The normalized spacial score (nSPS) is 19.8. The van der Waals surface area contributed by atoms with Crippen LogP contribution in [0.1, 0.15) is 68.1 Å². The van der Waals surface area contributed by atoms with Gasteiger partial charge in [-0.15, -0.1) is 0 Å². The Morgan fingerprint density at radius 1 is 1.14 bits per heavy atom. The Labute approximate surface area is 133 Å². The van der Waals surface area contributed by atoms with Gasteiger partial charge in [0, 0.05) is 16.9 Å². The molecule has 1 aromatic rings. The lowest BCUT2D eigenvalue weighted by Gasteiger charge is -2.23. The number of aryl methyl sites for hydroxylation is 2. The molecular weight excluding hydrogens is 278 g/mol. The summed E-state index contributed by atoms with van der Waals surface area (Å²) in [5.41, 5.74) is 3.82. The van der Waals surface area contributed by atoms with E-state index < -0.39 is 0 Å². The number of nitrogens with zero attached hydrogens (tertiary/aromatic N) is 2. The van der Waals surface area contributed by atoms with E-state index in [9.17, 15) is 0 Å². The molecule has 1 fully saturated rings. The molecule has 0 bridgehead atoms. The van der Waals surface area contributed by atoms with Crippen molar-refractivity contribution in [3.63, 3.8) is 0 Å². The second-order valence-corrected chi connectivity index (χ2v) is 8.32. The van der Waals surface area contributed by atoms with Crippen LogP contribution in [0.4, 0.5) is 0 Å². The minimum Gasteiger partial charge on any atom is -0.312 e. The third-order valence-electron chi connectivity index (χ3n) is 3.94. The lowest BCUT2D eigenvalue weighted by atomic mass is 10.1. The highest BCUT2D eigenvalue weighted by Gasteiger charge is 2.20. The molecule has 0 saturated carbocycles. The van der Waals surface area contributed by atoms with Gasteiger partial charge >= 0.3 is 0 Å². The first-order valence-electron chi connectivity index (χ1n) is 8.07. The van der Waals surface area contributed by atoms with Crippen LogP contribution in [0, 0.1) is 13.8 Å². The van der Waals surface area contributed by atoms with E-state index in [1.807, 2.05) is 11.8 Å². The van der Waals surface area contributed by atoms with Crippen LogP contribution in [0.5, 0.6) is 0 Å². The van der Waals surface area contributed by atoms with E-state index in [1.54, 1.807) is 0 Å². The van der Waals surface area contributed by atoms with Crippen molar-refractivity contribution in [2.24, 2.45) is 0 Å². The van der Waals surface area contributed by atoms with Crippen LogP contribution in [0.15, 0.2) is 0 Å². The summed E-state index contributed by atoms with van der Waals surface area (Å²) < 4.78 is 0. The van der Waals surface area contributed by atoms with Crippen molar-refractivity contribution in [1.82, 2.24) is 15.3 Å². The van der Waals surface area contributed by atoms with Gasteiger partial charge in [0.1, 0.15) is 5.82 Å². The number of thioether (sulfide) groups is 1. The molecule has 0 amide bonds. The third kappa shape index (κ3) is 4.96. The molecule has 2 heterocycles. The largest absolute Gasteiger partial charge is 0.312 e. The smallest absolute Gasteiger partial charge is 0.141 e. The standard InChI is InChI=1S/C17H29N3S/c1-12-14(9-10-18-17(3,4)5)13(2)20-16(19-12)15-8-6-7-11-21-15/h15,18H,6-11H2,1-5H3. The zero-order chi connectivity index (χ0) is 15.5. The predicted octanol–water partition coefficient (Wildman–Crippen LogP) is 3.98. The van der Waals surface area contributed by atoms with Crippen LogP contribution in [0.2, 0.25) is 0 Å². The second kappa shape index (κ2) is 7.10. The van der Waals surface area contributed by atoms with Gasteiger partial charge in [0.05, 0.1) is 5.25 Å². The molecule has 1 aliphatic rings. The van der Waals surface area contributed by atoms with Crippen molar-refractivity contribution in [1.29, 1.82) is 0 Å². The first kappa shape index (κ1) is 16.8. The van der Waals surface area contributed by atoms with Crippen LogP contribution >= 0.6 is 11.8 Å². The number of rotatable bonds is 4. The molecule has 118 valence electrons. The van der Waals surface area contributed by atoms with Gasteiger partial charge in [-0.05, 0) is 71.7 Å². The highest BCUT2D eigenvalue weighted by Crippen LogP contribution is 2.36. The van der Waals surface area contributed by atoms with E-state index in [-0.39, 0.29) is 5.54 Å². The van der Waals surface area contributed by atoms with Gasteiger partial charge in [0.2, 0.25) is 0 Å². The summed E-state index contributed by atoms with van der Waals surface area (Å²) in [4.78, 5) is 9.63. The number of hydrogen-bond acceptors (Lipinski definition) is 4. The van der Waals surface area contributed by atoms with Crippen molar-refractivity contribution >= 4 is 11.8 Å². The maximum absolute atomic E-state index is 4.81. The Hall–Kier alpha value is -0.610. The van der Waals surface area contributed by atoms with Gasteiger partial charge < -0.3 is 5.32 Å². The Morgan fingerprint density at radius 2 is 1.81 bits per heavy atom. The van der Waals surface area contributed by atoms with Gasteiger partial charge in [0.15, 0.2) is 0 Å². The molecule has 21 heavy (non-hydrogen) atoms. The predicted molar refractivity (Wildman–Crippen MR) is 92.0 cm³/mol. The van der Waals surface area contributed by atoms with E-state index >= 15 is 0 Å². The summed E-state index contributed by atoms with van der Waals surface area (Å²) in [6.07, 6.45) is 4.90. The molecule has 1 saturated heterocycles. The maximum atomic E-state index is 4.81. The highest BCUT2D eigenvalue weighted by molar-refractivity contribution is 7.99. The number of hydrogen-bond donors (Lipinski definition) is 1. The Balaban J connectivity index is 2.06. The average molecular weight is 308 g/mol. The number of aromatic nitrogens is 2. The van der Waals surface area contributed by atoms with Gasteiger partial charge in [-0.1, -0.05) is 6.42 Å². The molecule has 3 nitrogen and oxygen atoms in total. The summed E-state index contributed by atoms with van der Waals surface area (Å²) in [6, 6.07) is 0. The van der Waals surface area contributed by atoms with Gasteiger partial charge in [0.25, 0.3) is 0 Å². The topological polar surface area (TPSA) is 37.8 Å². The molecule has 0 radical (unpaired) electrons. The average Bonchev–Trinajstić information content (AvgIpc) is 2.41. The fraction of sp³-hybridized carbons (Fsp3) is 0.765. The summed E-state index contributed by atoms with van der Waals surface area (Å²) in [5.74, 6) is 2.31. The summed E-state index contributed by atoms with van der Waals surface area (Å²) in [7, 11) is 0. The molecule has 0 aromatic carbocycles. The van der Waals surface area contributed by atoms with Crippen LogP contribution in [0.25, 0.3) is 0 Å². The van der Waals surface area contributed by atoms with Crippen LogP contribution in [0.3, 0.4) is 0 Å².